The Kier molecular flexibility index (Phi) is 5.16. The Bertz CT molecular complexity index is 585. The minimum atomic E-state index is -3.47. The van der Waals surface area contributed by atoms with Crippen LogP contribution in [0.3, 0.4) is 0 Å². The molecule has 0 aliphatic heterocycles. The maximum absolute atomic E-state index is 12.9. The van der Waals surface area contributed by atoms with Gasteiger partial charge in [-0.05, 0) is 52.4 Å². The summed E-state index contributed by atoms with van der Waals surface area (Å²) in [5.41, 5.74) is 0.814. The summed E-state index contributed by atoms with van der Waals surface area (Å²) in [6, 6.07) is 5.42. The lowest BCUT2D eigenvalue weighted by atomic mass is 10.2. The average molecular weight is 381 g/mol. The molecular weight excluding hydrogens is 362 g/mol. The van der Waals surface area contributed by atoms with E-state index < -0.39 is 10.0 Å². The molecule has 0 amide bonds. The average Bonchev–Trinajstić information content (AvgIpc) is 3.20. The van der Waals surface area contributed by atoms with Gasteiger partial charge in [0, 0.05) is 22.9 Å². The Morgan fingerprint density at radius 2 is 2.05 bits per heavy atom. The van der Waals surface area contributed by atoms with Crippen molar-refractivity contribution in [1.82, 2.24) is 4.31 Å². The van der Waals surface area contributed by atoms with E-state index in [0.717, 1.165) is 18.4 Å². The third kappa shape index (κ3) is 3.56. The van der Waals surface area contributed by atoms with Gasteiger partial charge in [0.25, 0.3) is 0 Å². The van der Waals surface area contributed by atoms with Crippen molar-refractivity contribution in [3.05, 3.63) is 28.2 Å². The lowest BCUT2D eigenvalue weighted by molar-refractivity contribution is 0.360. The molecule has 1 aromatic rings. The molecule has 1 aromatic carbocycles. The van der Waals surface area contributed by atoms with E-state index in [9.17, 15) is 8.42 Å². The zero-order valence-corrected chi connectivity index (χ0v) is 14.8. The van der Waals surface area contributed by atoms with Crippen LogP contribution in [0.25, 0.3) is 0 Å². The summed E-state index contributed by atoms with van der Waals surface area (Å²) in [6.07, 6.45) is 1.91. The highest BCUT2D eigenvalue weighted by atomic mass is 79.9. The van der Waals surface area contributed by atoms with Crippen LogP contribution < -0.4 is 0 Å². The number of nitrogens with zero attached hydrogens (tertiary/aromatic N) is 1. The molecule has 0 N–H and O–H groups in total. The fraction of sp³-hybridized carbons (Fsp3) is 0.571. The van der Waals surface area contributed by atoms with Gasteiger partial charge < -0.3 is 0 Å². The van der Waals surface area contributed by atoms with Crippen molar-refractivity contribution in [2.45, 2.75) is 43.5 Å². The van der Waals surface area contributed by atoms with Crippen molar-refractivity contribution < 1.29 is 8.42 Å². The maximum Gasteiger partial charge on any atom is 0.244 e. The standard InChI is InChI=1S/C14H19BrClNO2S/c1-10(2)9-17(12-4-5-12)20(18,19)14-7-11(8-16)3-6-13(14)15/h3,6-7,10,12H,4-5,8-9H2,1-2H3. The third-order valence-electron chi connectivity index (χ3n) is 3.24. The number of benzene rings is 1. The lowest BCUT2D eigenvalue weighted by Gasteiger charge is -2.24. The summed E-state index contributed by atoms with van der Waals surface area (Å²) in [5.74, 6) is 0.615. The van der Waals surface area contributed by atoms with Crippen LogP contribution in [-0.2, 0) is 15.9 Å². The minimum Gasteiger partial charge on any atom is -0.207 e. The monoisotopic (exact) mass is 379 g/mol. The van der Waals surface area contributed by atoms with Crippen LogP contribution in [0.2, 0.25) is 0 Å². The fourth-order valence-electron chi connectivity index (χ4n) is 2.12. The minimum absolute atomic E-state index is 0.161. The van der Waals surface area contributed by atoms with Crippen molar-refractivity contribution >= 4 is 37.6 Å². The Morgan fingerprint density at radius 1 is 1.40 bits per heavy atom. The highest BCUT2D eigenvalue weighted by molar-refractivity contribution is 9.10. The summed E-state index contributed by atoms with van der Waals surface area (Å²) in [6.45, 7) is 4.63. The van der Waals surface area contributed by atoms with Gasteiger partial charge in [0.15, 0.2) is 0 Å². The molecule has 0 heterocycles. The molecular formula is C14H19BrClNO2S. The zero-order valence-electron chi connectivity index (χ0n) is 11.6. The van der Waals surface area contributed by atoms with Gasteiger partial charge in [-0.1, -0.05) is 19.9 Å². The van der Waals surface area contributed by atoms with Crippen LogP contribution in [0.1, 0.15) is 32.3 Å². The SMILES string of the molecule is CC(C)CN(C1CC1)S(=O)(=O)c1cc(CCl)ccc1Br. The van der Waals surface area contributed by atoms with Crippen LogP contribution >= 0.6 is 27.5 Å². The number of halogens is 2. The molecule has 1 aliphatic rings. The highest BCUT2D eigenvalue weighted by Crippen LogP contribution is 2.35. The molecule has 112 valence electrons. The first-order valence-corrected chi connectivity index (χ1v) is 9.49. The van der Waals surface area contributed by atoms with Crippen LogP contribution in [0.15, 0.2) is 27.6 Å². The molecule has 0 aromatic heterocycles. The van der Waals surface area contributed by atoms with Crippen LogP contribution in [0, 0.1) is 5.92 Å². The number of alkyl halides is 1. The van der Waals surface area contributed by atoms with Gasteiger partial charge >= 0.3 is 0 Å². The molecule has 0 atom stereocenters. The quantitative estimate of drug-likeness (QED) is 0.700. The summed E-state index contributed by atoms with van der Waals surface area (Å²) in [7, 11) is -3.47. The van der Waals surface area contributed by atoms with Gasteiger partial charge in [-0.3, -0.25) is 0 Å². The Hall–Kier alpha value is -0.100. The molecule has 2 rings (SSSR count). The summed E-state index contributed by atoms with van der Waals surface area (Å²) in [5, 5.41) is 0. The normalized spacial score (nSPS) is 16.1. The predicted octanol–water partition coefficient (Wildman–Crippen LogP) is 4.00. The first-order valence-electron chi connectivity index (χ1n) is 6.72. The Labute approximate surface area is 134 Å². The molecule has 3 nitrogen and oxygen atoms in total. The lowest BCUT2D eigenvalue weighted by Crippen LogP contribution is -2.36. The van der Waals surface area contributed by atoms with Gasteiger partial charge in [-0.15, -0.1) is 11.6 Å². The predicted molar refractivity (Wildman–Crippen MR) is 85.5 cm³/mol. The fourth-order valence-corrected chi connectivity index (χ4v) is 5.11. The molecule has 1 aliphatic carbocycles. The van der Waals surface area contributed by atoms with Crippen LogP contribution in [-0.4, -0.2) is 25.3 Å². The van der Waals surface area contributed by atoms with Crippen molar-refractivity contribution in [2.24, 2.45) is 5.92 Å². The van der Waals surface area contributed by atoms with E-state index in [2.05, 4.69) is 15.9 Å². The van der Waals surface area contributed by atoms with Crippen LogP contribution in [0.4, 0.5) is 0 Å². The molecule has 0 bridgehead atoms. The third-order valence-corrected chi connectivity index (χ3v) is 6.46. The van der Waals surface area contributed by atoms with Gasteiger partial charge in [0.1, 0.15) is 0 Å². The molecule has 20 heavy (non-hydrogen) atoms. The van der Waals surface area contributed by atoms with E-state index in [4.69, 9.17) is 11.6 Å². The van der Waals surface area contributed by atoms with E-state index in [-0.39, 0.29) is 6.04 Å². The highest BCUT2D eigenvalue weighted by Gasteiger charge is 2.39. The second kappa shape index (κ2) is 6.34. The van der Waals surface area contributed by atoms with Crippen molar-refractivity contribution in [3.63, 3.8) is 0 Å². The molecule has 1 saturated carbocycles. The van der Waals surface area contributed by atoms with Crippen molar-refractivity contribution in [1.29, 1.82) is 0 Å². The number of rotatable bonds is 6. The van der Waals surface area contributed by atoms with Gasteiger partial charge in [-0.25, -0.2) is 8.42 Å². The first-order chi connectivity index (χ1) is 9.36. The summed E-state index contributed by atoms with van der Waals surface area (Å²) >= 11 is 9.17. The molecule has 6 heteroatoms. The number of hydrogen-bond acceptors (Lipinski definition) is 2. The molecule has 0 unspecified atom stereocenters. The molecule has 0 saturated heterocycles. The molecule has 0 spiro atoms. The topological polar surface area (TPSA) is 37.4 Å². The second-order valence-electron chi connectivity index (χ2n) is 5.60. The van der Waals surface area contributed by atoms with Gasteiger partial charge in [-0.2, -0.15) is 4.31 Å². The van der Waals surface area contributed by atoms with Crippen LogP contribution in [0.5, 0.6) is 0 Å². The molecule has 0 radical (unpaired) electrons. The Morgan fingerprint density at radius 3 is 2.55 bits per heavy atom. The zero-order chi connectivity index (χ0) is 14.9. The van der Waals surface area contributed by atoms with E-state index in [1.807, 2.05) is 19.9 Å². The first kappa shape index (κ1) is 16.3. The van der Waals surface area contributed by atoms with E-state index in [1.165, 1.54) is 0 Å². The van der Waals surface area contributed by atoms with Gasteiger partial charge in [0.2, 0.25) is 10.0 Å². The van der Waals surface area contributed by atoms with Crippen molar-refractivity contribution in [3.8, 4) is 0 Å². The molecule has 1 fully saturated rings. The smallest absolute Gasteiger partial charge is 0.207 e. The summed E-state index contributed by atoms with van der Waals surface area (Å²) in [4.78, 5) is 0.322. The largest absolute Gasteiger partial charge is 0.244 e. The summed E-state index contributed by atoms with van der Waals surface area (Å²) < 4.78 is 28.0. The second-order valence-corrected chi connectivity index (χ2v) is 8.58. The number of sulfonamides is 1. The Balaban J connectivity index is 2.41. The van der Waals surface area contributed by atoms with Crippen molar-refractivity contribution in [2.75, 3.05) is 6.54 Å². The van der Waals surface area contributed by atoms with Gasteiger partial charge in [0.05, 0.1) is 4.90 Å². The number of hydrogen-bond donors (Lipinski definition) is 0. The maximum atomic E-state index is 12.9. The van der Waals surface area contributed by atoms with E-state index in [0.29, 0.717) is 27.7 Å². The van der Waals surface area contributed by atoms with E-state index in [1.54, 1.807) is 16.4 Å². The van der Waals surface area contributed by atoms with E-state index >= 15 is 0 Å².